The topological polar surface area (TPSA) is 44.4 Å². The number of rotatable bonds is 3. The van der Waals surface area contributed by atoms with Gasteiger partial charge in [0, 0.05) is 31.2 Å². The second kappa shape index (κ2) is 4.58. The predicted octanol–water partition coefficient (Wildman–Crippen LogP) is 0.480. The van der Waals surface area contributed by atoms with E-state index in [2.05, 4.69) is 22.5 Å². The molecule has 0 spiro atoms. The summed E-state index contributed by atoms with van der Waals surface area (Å²) in [5, 5.41) is 6.51. The lowest BCUT2D eigenvalue weighted by atomic mass is 10.0. The van der Waals surface area contributed by atoms with Gasteiger partial charge in [-0.25, -0.2) is 0 Å². The Morgan fingerprint density at radius 3 is 2.88 bits per heavy atom. The minimum Gasteiger partial charge on any atom is -0.355 e. The maximum atomic E-state index is 11.7. The van der Waals surface area contributed by atoms with Gasteiger partial charge in [0.15, 0.2) is 0 Å². The van der Waals surface area contributed by atoms with Crippen molar-refractivity contribution in [2.75, 3.05) is 13.1 Å². The molecule has 3 unspecified atom stereocenters. The lowest BCUT2D eigenvalue weighted by Gasteiger charge is -2.26. The monoisotopic (exact) mass is 237 g/mol. The molecule has 17 heavy (non-hydrogen) atoms. The summed E-state index contributed by atoms with van der Waals surface area (Å²) in [6.45, 7) is 4.31. The summed E-state index contributed by atoms with van der Waals surface area (Å²) in [4.78, 5) is 14.3. The molecular formula is C13H23N3O. The van der Waals surface area contributed by atoms with Crippen molar-refractivity contribution >= 4 is 5.91 Å². The van der Waals surface area contributed by atoms with Gasteiger partial charge in [-0.3, -0.25) is 9.69 Å². The summed E-state index contributed by atoms with van der Waals surface area (Å²) in [6, 6.07) is 2.10. The van der Waals surface area contributed by atoms with Crippen molar-refractivity contribution in [1.82, 2.24) is 15.5 Å². The molecule has 4 nitrogen and oxygen atoms in total. The van der Waals surface area contributed by atoms with Crippen LogP contribution >= 0.6 is 0 Å². The molecule has 3 atom stereocenters. The highest BCUT2D eigenvalue weighted by atomic mass is 16.2. The lowest BCUT2D eigenvalue weighted by molar-refractivity contribution is -0.124. The summed E-state index contributed by atoms with van der Waals surface area (Å²) < 4.78 is 0. The van der Waals surface area contributed by atoms with Gasteiger partial charge in [0.25, 0.3) is 0 Å². The van der Waals surface area contributed by atoms with Gasteiger partial charge in [-0.15, -0.1) is 0 Å². The van der Waals surface area contributed by atoms with Crippen molar-refractivity contribution in [2.45, 2.75) is 63.2 Å². The van der Waals surface area contributed by atoms with E-state index < -0.39 is 0 Å². The largest absolute Gasteiger partial charge is 0.355 e. The maximum Gasteiger partial charge on any atom is 0.237 e. The number of likely N-dealkylation sites (tertiary alicyclic amines) is 1. The molecule has 3 fully saturated rings. The normalized spacial score (nSPS) is 39.4. The zero-order valence-corrected chi connectivity index (χ0v) is 10.6. The number of piperidine rings is 1. The molecule has 96 valence electrons. The van der Waals surface area contributed by atoms with E-state index in [0.717, 1.165) is 32.0 Å². The second-order valence-electron chi connectivity index (χ2n) is 5.86. The standard InChI is InChI=1S/C13H23N3O/c1-9-7-10(8-16(9)11-4-5-11)15-12-3-2-6-14-13(12)17/h9-12,15H,2-8H2,1H3,(H,14,17). The molecule has 0 aromatic carbocycles. The average molecular weight is 237 g/mol. The SMILES string of the molecule is CC1CC(NC2CCCNC2=O)CN1C1CC1. The van der Waals surface area contributed by atoms with E-state index in [9.17, 15) is 4.79 Å². The molecule has 3 aliphatic rings. The number of nitrogens with one attached hydrogen (secondary N) is 2. The van der Waals surface area contributed by atoms with E-state index in [-0.39, 0.29) is 11.9 Å². The lowest BCUT2D eigenvalue weighted by Crippen LogP contribution is -2.52. The fourth-order valence-corrected chi connectivity index (χ4v) is 3.31. The zero-order chi connectivity index (χ0) is 11.8. The third-order valence-corrected chi connectivity index (χ3v) is 4.36. The summed E-state index contributed by atoms with van der Waals surface area (Å²) in [5.74, 6) is 0.203. The molecule has 4 heteroatoms. The van der Waals surface area contributed by atoms with Crippen molar-refractivity contribution in [3.05, 3.63) is 0 Å². The van der Waals surface area contributed by atoms with Crippen molar-refractivity contribution in [2.24, 2.45) is 0 Å². The van der Waals surface area contributed by atoms with E-state index >= 15 is 0 Å². The Labute approximate surface area is 103 Å². The molecule has 2 heterocycles. The number of amides is 1. The molecule has 2 saturated heterocycles. The number of carbonyl (C=O) groups is 1. The molecular weight excluding hydrogens is 214 g/mol. The molecule has 3 rings (SSSR count). The molecule has 1 saturated carbocycles. The summed E-state index contributed by atoms with van der Waals surface area (Å²) in [7, 11) is 0. The number of hydrogen-bond donors (Lipinski definition) is 2. The second-order valence-corrected chi connectivity index (χ2v) is 5.86. The Balaban J connectivity index is 1.53. The molecule has 0 aromatic heterocycles. The van der Waals surface area contributed by atoms with Crippen LogP contribution in [0.5, 0.6) is 0 Å². The van der Waals surface area contributed by atoms with Crippen LogP contribution in [-0.4, -0.2) is 48.1 Å². The third kappa shape index (κ3) is 2.47. The van der Waals surface area contributed by atoms with Crippen molar-refractivity contribution in [3.8, 4) is 0 Å². The van der Waals surface area contributed by atoms with E-state index in [0.29, 0.717) is 12.1 Å². The Morgan fingerprint density at radius 2 is 2.18 bits per heavy atom. The predicted molar refractivity (Wildman–Crippen MR) is 66.8 cm³/mol. The van der Waals surface area contributed by atoms with E-state index in [4.69, 9.17) is 0 Å². The van der Waals surface area contributed by atoms with Gasteiger partial charge in [-0.2, -0.15) is 0 Å². The Kier molecular flexibility index (Phi) is 3.09. The molecule has 0 radical (unpaired) electrons. The van der Waals surface area contributed by atoms with E-state index in [1.54, 1.807) is 0 Å². The van der Waals surface area contributed by atoms with Crippen LogP contribution in [0.15, 0.2) is 0 Å². The first-order chi connectivity index (χ1) is 8.24. The average Bonchev–Trinajstić information content (AvgIpc) is 3.07. The van der Waals surface area contributed by atoms with Crippen LogP contribution in [-0.2, 0) is 4.79 Å². The molecule has 2 aliphatic heterocycles. The van der Waals surface area contributed by atoms with Crippen LogP contribution in [0.3, 0.4) is 0 Å². The summed E-state index contributed by atoms with van der Waals surface area (Å²) in [5.41, 5.74) is 0. The van der Waals surface area contributed by atoms with Crippen molar-refractivity contribution < 1.29 is 4.79 Å². The van der Waals surface area contributed by atoms with Crippen LogP contribution in [0.2, 0.25) is 0 Å². The Hall–Kier alpha value is -0.610. The highest BCUT2D eigenvalue weighted by molar-refractivity contribution is 5.82. The van der Waals surface area contributed by atoms with Gasteiger partial charge in [0.05, 0.1) is 6.04 Å². The molecule has 1 aliphatic carbocycles. The summed E-state index contributed by atoms with van der Waals surface area (Å²) in [6.07, 6.45) is 6.06. The quantitative estimate of drug-likeness (QED) is 0.750. The van der Waals surface area contributed by atoms with E-state index in [1.807, 2.05) is 0 Å². The van der Waals surface area contributed by atoms with Gasteiger partial charge < -0.3 is 10.6 Å². The molecule has 1 amide bonds. The minimum absolute atomic E-state index is 0.0557. The van der Waals surface area contributed by atoms with Crippen molar-refractivity contribution in [1.29, 1.82) is 0 Å². The van der Waals surface area contributed by atoms with Crippen molar-refractivity contribution in [3.63, 3.8) is 0 Å². The third-order valence-electron chi connectivity index (χ3n) is 4.36. The van der Waals surface area contributed by atoms with Crippen LogP contribution in [0, 0.1) is 0 Å². The minimum atomic E-state index is 0.0557. The number of nitrogens with zero attached hydrogens (tertiary/aromatic N) is 1. The fraction of sp³-hybridized carbons (Fsp3) is 0.923. The van der Waals surface area contributed by atoms with Gasteiger partial charge in [0.1, 0.15) is 0 Å². The first-order valence-corrected chi connectivity index (χ1v) is 7.03. The zero-order valence-electron chi connectivity index (χ0n) is 10.6. The molecule has 0 aromatic rings. The van der Waals surface area contributed by atoms with Gasteiger partial charge >= 0.3 is 0 Å². The Morgan fingerprint density at radius 1 is 1.35 bits per heavy atom. The smallest absolute Gasteiger partial charge is 0.237 e. The molecule has 2 N–H and O–H groups in total. The molecule has 0 bridgehead atoms. The van der Waals surface area contributed by atoms with Crippen LogP contribution in [0.4, 0.5) is 0 Å². The van der Waals surface area contributed by atoms with Crippen LogP contribution < -0.4 is 10.6 Å². The first kappa shape index (κ1) is 11.5. The summed E-state index contributed by atoms with van der Waals surface area (Å²) >= 11 is 0. The first-order valence-electron chi connectivity index (χ1n) is 7.03. The fourth-order valence-electron chi connectivity index (χ4n) is 3.31. The highest BCUT2D eigenvalue weighted by Crippen LogP contribution is 2.33. The Bertz CT molecular complexity index is 303. The highest BCUT2D eigenvalue weighted by Gasteiger charge is 2.39. The number of carbonyl (C=O) groups excluding carboxylic acids is 1. The van der Waals surface area contributed by atoms with Gasteiger partial charge in [-0.1, -0.05) is 0 Å². The maximum absolute atomic E-state index is 11.7. The van der Waals surface area contributed by atoms with Gasteiger partial charge in [-0.05, 0) is 39.0 Å². The van der Waals surface area contributed by atoms with Crippen LogP contribution in [0.1, 0.15) is 39.0 Å². The van der Waals surface area contributed by atoms with E-state index in [1.165, 1.54) is 19.3 Å². The van der Waals surface area contributed by atoms with Gasteiger partial charge in [0.2, 0.25) is 5.91 Å². The number of hydrogen-bond acceptors (Lipinski definition) is 3. The van der Waals surface area contributed by atoms with Crippen LogP contribution in [0.25, 0.3) is 0 Å².